The van der Waals surface area contributed by atoms with Crippen molar-refractivity contribution in [3.05, 3.63) is 53.3 Å². The first kappa shape index (κ1) is 14.2. The Morgan fingerprint density at radius 3 is 2.76 bits per heavy atom. The summed E-state index contributed by atoms with van der Waals surface area (Å²) in [6.45, 7) is 2.57. The summed E-state index contributed by atoms with van der Waals surface area (Å²) >= 11 is 12.1. The number of rotatable bonds is 4. The lowest BCUT2D eigenvalue weighted by Crippen LogP contribution is -2.03. The van der Waals surface area contributed by atoms with Crippen LogP contribution in [0.4, 0.5) is 0 Å². The molecule has 0 saturated carbocycles. The van der Waals surface area contributed by atoms with E-state index in [0.717, 1.165) is 28.3 Å². The smallest absolute Gasteiger partial charge is 0.143 e. The molecule has 0 aliphatic rings. The number of imidazole rings is 1. The van der Waals surface area contributed by atoms with Gasteiger partial charge in [-0.1, -0.05) is 23.7 Å². The maximum Gasteiger partial charge on any atom is 0.143 e. The average Bonchev–Trinajstić information content (AvgIpc) is 2.85. The number of benzene rings is 2. The first-order valence-electron chi connectivity index (χ1n) is 6.69. The summed E-state index contributed by atoms with van der Waals surface area (Å²) in [5.74, 6) is 1.88. The quantitative estimate of drug-likeness (QED) is 0.644. The number of nitrogens with zero attached hydrogens (tertiary/aromatic N) is 2. The molecule has 0 radical (unpaired) electrons. The van der Waals surface area contributed by atoms with Gasteiger partial charge in [-0.25, -0.2) is 4.98 Å². The van der Waals surface area contributed by atoms with Gasteiger partial charge in [0, 0.05) is 5.02 Å². The van der Waals surface area contributed by atoms with Crippen molar-refractivity contribution in [2.75, 3.05) is 6.61 Å². The van der Waals surface area contributed by atoms with Gasteiger partial charge in [0.05, 0.1) is 29.2 Å². The van der Waals surface area contributed by atoms with E-state index in [0.29, 0.717) is 17.5 Å². The second-order valence-corrected chi connectivity index (χ2v) is 5.23. The molecule has 1 aromatic heterocycles. The number of ether oxygens (including phenoxy) is 1. The monoisotopic (exact) mass is 320 g/mol. The van der Waals surface area contributed by atoms with E-state index in [9.17, 15) is 0 Å². The van der Waals surface area contributed by atoms with Crippen LogP contribution >= 0.6 is 23.2 Å². The highest BCUT2D eigenvalue weighted by Crippen LogP contribution is 2.30. The van der Waals surface area contributed by atoms with E-state index in [1.54, 1.807) is 0 Å². The van der Waals surface area contributed by atoms with Crippen LogP contribution in [0.15, 0.2) is 42.5 Å². The molecule has 0 unspecified atom stereocenters. The maximum absolute atomic E-state index is 6.07. The molecule has 21 heavy (non-hydrogen) atoms. The highest BCUT2D eigenvalue weighted by Gasteiger charge is 2.15. The number of aromatic nitrogens is 2. The van der Waals surface area contributed by atoms with Crippen LogP contribution in [0.5, 0.6) is 5.75 Å². The number of halogens is 2. The van der Waals surface area contributed by atoms with Gasteiger partial charge in [-0.15, -0.1) is 11.6 Å². The highest BCUT2D eigenvalue weighted by atomic mass is 35.5. The predicted molar refractivity (Wildman–Crippen MR) is 86.8 cm³/mol. The molecule has 2 aromatic carbocycles. The predicted octanol–water partition coefficient (Wildman–Crippen LogP) is 4.82. The molecule has 3 aromatic rings. The Bertz CT molecular complexity index is 783. The van der Waals surface area contributed by atoms with E-state index in [2.05, 4.69) is 4.98 Å². The van der Waals surface area contributed by atoms with Gasteiger partial charge in [0.25, 0.3) is 0 Å². The third kappa shape index (κ3) is 2.59. The highest BCUT2D eigenvalue weighted by molar-refractivity contribution is 6.31. The second kappa shape index (κ2) is 5.96. The summed E-state index contributed by atoms with van der Waals surface area (Å²) in [6.07, 6.45) is 0. The zero-order valence-corrected chi connectivity index (χ0v) is 13.0. The minimum atomic E-state index is 0.312. The minimum absolute atomic E-state index is 0.312. The topological polar surface area (TPSA) is 27.1 Å². The molecule has 108 valence electrons. The fourth-order valence-electron chi connectivity index (χ4n) is 2.38. The summed E-state index contributed by atoms with van der Waals surface area (Å²) < 4.78 is 7.73. The molecule has 5 heteroatoms. The molecular weight excluding hydrogens is 307 g/mol. The standard InChI is InChI=1S/C16H14Cl2N2O/c1-2-21-15-6-4-3-5-14(15)20-13-8-7-11(18)9-12(13)19-16(20)10-17/h3-9H,2,10H2,1H3. The summed E-state index contributed by atoms with van der Waals surface area (Å²) in [5, 5.41) is 0.659. The maximum atomic E-state index is 6.07. The summed E-state index contributed by atoms with van der Waals surface area (Å²) in [7, 11) is 0. The van der Waals surface area contributed by atoms with E-state index in [1.165, 1.54) is 0 Å². The van der Waals surface area contributed by atoms with Crippen molar-refractivity contribution >= 4 is 34.2 Å². The molecule has 0 aliphatic heterocycles. The molecule has 0 N–H and O–H groups in total. The van der Waals surface area contributed by atoms with Crippen molar-refractivity contribution in [1.29, 1.82) is 0 Å². The Kier molecular flexibility index (Phi) is 4.04. The summed E-state index contributed by atoms with van der Waals surface area (Å²) in [6, 6.07) is 13.5. The van der Waals surface area contributed by atoms with Gasteiger partial charge in [0.1, 0.15) is 11.6 Å². The molecule has 0 amide bonds. The van der Waals surface area contributed by atoms with Crippen molar-refractivity contribution in [2.24, 2.45) is 0 Å². The SMILES string of the molecule is CCOc1ccccc1-n1c(CCl)nc2cc(Cl)ccc21. The van der Waals surface area contributed by atoms with E-state index in [-0.39, 0.29) is 0 Å². The molecule has 0 fully saturated rings. The first-order valence-corrected chi connectivity index (χ1v) is 7.61. The van der Waals surface area contributed by atoms with Crippen LogP contribution in [-0.2, 0) is 5.88 Å². The number of alkyl halides is 1. The van der Waals surface area contributed by atoms with Crippen LogP contribution in [0.25, 0.3) is 16.7 Å². The van der Waals surface area contributed by atoms with Gasteiger partial charge in [0.15, 0.2) is 0 Å². The van der Waals surface area contributed by atoms with Gasteiger partial charge < -0.3 is 4.74 Å². The normalized spacial score (nSPS) is 11.0. The number of fused-ring (bicyclic) bond motifs is 1. The van der Waals surface area contributed by atoms with Crippen molar-refractivity contribution in [3.8, 4) is 11.4 Å². The molecule has 3 nitrogen and oxygen atoms in total. The van der Waals surface area contributed by atoms with Crippen molar-refractivity contribution < 1.29 is 4.74 Å². The summed E-state index contributed by atoms with van der Waals surface area (Å²) in [4.78, 5) is 4.56. The first-order chi connectivity index (χ1) is 10.2. The fourth-order valence-corrected chi connectivity index (χ4v) is 2.73. The van der Waals surface area contributed by atoms with Crippen LogP contribution in [0.1, 0.15) is 12.7 Å². The Morgan fingerprint density at radius 2 is 2.00 bits per heavy atom. The van der Waals surface area contributed by atoms with Gasteiger partial charge in [-0.3, -0.25) is 4.57 Å². The largest absolute Gasteiger partial charge is 0.492 e. The van der Waals surface area contributed by atoms with Gasteiger partial charge in [-0.05, 0) is 37.3 Å². The zero-order chi connectivity index (χ0) is 14.8. The molecule has 0 saturated heterocycles. The molecule has 0 aliphatic carbocycles. The lowest BCUT2D eigenvalue weighted by atomic mass is 10.2. The van der Waals surface area contributed by atoms with E-state index in [4.69, 9.17) is 27.9 Å². The number of hydrogen-bond donors (Lipinski definition) is 0. The number of para-hydroxylation sites is 2. The third-order valence-electron chi connectivity index (χ3n) is 3.21. The molecule has 1 heterocycles. The third-order valence-corrected chi connectivity index (χ3v) is 3.69. The lowest BCUT2D eigenvalue weighted by molar-refractivity contribution is 0.339. The van der Waals surface area contributed by atoms with Crippen LogP contribution < -0.4 is 4.74 Å². The van der Waals surface area contributed by atoms with Crippen LogP contribution in [0, 0.1) is 0 Å². The Balaban J connectivity index is 2.29. The molecular formula is C16H14Cl2N2O. The van der Waals surface area contributed by atoms with Crippen LogP contribution in [-0.4, -0.2) is 16.2 Å². The zero-order valence-electron chi connectivity index (χ0n) is 11.5. The molecule has 0 atom stereocenters. The fraction of sp³-hybridized carbons (Fsp3) is 0.188. The van der Waals surface area contributed by atoms with Crippen molar-refractivity contribution in [2.45, 2.75) is 12.8 Å². The van der Waals surface area contributed by atoms with Gasteiger partial charge in [-0.2, -0.15) is 0 Å². The van der Waals surface area contributed by atoms with E-state index in [1.807, 2.05) is 54.0 Å². The Morgan fingerprint density at radius 1 is 1.19 bits per heavy atom. The van der Waals surface area contributed by atoms with Crippen LogP contribution in [0.2, 0.25) is 5.02 Å². The molecule has 0 bridgehead atoms. The Hall–Kier alpha value is -1.71. The molecule has 3 rings (SSSR count). The van der Waals surface area contributed by atoms with Crippen molar-refractivity contribution in [3.63, 3.8) is 0 Å². The van der Waals surface area contributed by atoms with E-state index >= 15 is 0 Å². The lowest BCUT2D eigenvalue weighted by Gasteiger charge is -2.13. The Labute approximate surface area is 133 Å². The van der Waals surface area contributed by atoms with Crippen molar-refractivity contribution in [1.82, 2.24) is 9.55 Å². The van der Waals surface area contributed by atoms with Gasteiger partial charge in [0.2, 0.25) is 0 Å². The number of hydrogen-bond acceptors (Lipinski definition) is 2. The van der Waals surface area contributed by atoms with Crippen LogP contribution in [0.3, 0.4) is 0 Å². The average molecular weight is 321 g/mol. The summed E-state index contributed by atoms with van der Waals surface area (Å²) in [5.41, 5.74) is 2.71. The van der Waals surface area contributed by atoms with Gasteiger partial charge >= 0.3 is 0 Å². The van der Waals surface area contributed by atoms with E-state index < -0.39 is 0 Å². The molecule has 0 spiro atoms. The second-order valence-electron chi connectivity index (χ2n) is 4.53. The minimum Gasteiger partial charge on any atom is -0.492 e.